The van der Waals surface area contributed by atoms with Crippen molar-refractivity contribution in [2.75, 3.05) is 11.1 Å². The zero-order valence-electron chi connectivity index (χ0n) is 11.9. The van der Waals surface area contributed by atoms with E-state index in [1.807, 2.05) is 6.92 Å². The molecule has 1 aromatic carbocycles. The van der Waals surface area contributed by atoms with E-state index < -0.39 is 11.6 Å². The van der Waals surface area contributed by atoms with Crippen LogP contribution in [-0.4, -0.2) is 21.8 Å². The highest BCUT2D eigenvalue weighted by molar-refractivity contribution is 7.99. The predicted octanol–water partition coefficient (Wildman–Crippen LogP) is 3.17. The van der Waals surface area contributed by atoms with Gasteiger partial charge in [-0.1, -0.05) is 12.1 Å². The molecule has 22 heavy (non-hydrogen) atoms. The van der Waals surface area contributed by atoms with E-state index in [1.54, 1.807) is 0 Å². The third kappa shape index (κ3) is 4.80. The maximum atomic E-state index is 13.4. The summed E-state index contributed by atoms with van der Waals surface area (Å²) in [6.45, 7) is 2.02. The van der Waals surface area contributed by atoms with Crippen LogP contribution < -0.4 is 5.32 Å². The zero-order valence-corrected chi connectivity index (χ0v) is 12.8. The molecule has 0 aliphatic carbocycles. The molecule has 5 nitrogen and oxygen atoms in total. The van der Waals surface area contributed by atoms with E-state index >= 15 is 0 Å². The van der Waals surface area contributed by atoms with E-state index in [9.17, 15) is 13.6 Å². The summed E-state index contributed by atoms with van der Waals surface area (Å²) in [5.74, 6) is -0.282. The van der Waals surface area contributed by atoms with Gasteiger partial charge in [0.2, 0.25) is 11.8 Å². The maximum absolute atomic E-state index is 13.4. The van der Waals surface area contributed by atoms with Gasteiger partial charge in [0.05, 0.1) is 17.2 Å². The number of benzene rings is 1. The predicted molar refractivity (Wildman–Crippen MR) is 79.4 cm³/mol. The molecule has 8 heteroatoms. The molecule has 0 atom stereocenters. The van der Waals surface area contributed by atoms with Crippen LogP contribution in [0.4, 0.5) is 14.5 Å². The van der Waals surface area contributed by atoms with Gasteiger partial charge in [-0.2, -0.15) is 4.98 Å². The number of hydrogen-bond donors (Lipinski definition) is 1. The molecule has 1 aromatic heterocycles. The summed E-state index contributed by atoms with van der Waals surface area (Å²) in [7, 11) is 0. The van der Waals surface area contributed by atoms with Crippen molar-refractivity contribution in [2.45, 2.75) is 25.5 Å². The van der Waals surface area contributed by atoms with Gasteiger partial charge in [-0.15, -0.1) is 11.8 Å². The summed E-state index contributed by atoms with van der Waals surface area (Å²) in [4.78, 5) is 15.9. The molecule has 0 saturated carbocycles. The van der Waals surface area contributed by atoms with Crippen LogP contribution in [0.5, 0.6) is 0 Å². The van der Waals surface area contributed by atoms with E-state index in [4.69, 9.17) is 4.52 Å². The van der Waals surface area contributed by atoms with Crippen LogP contribution in [0, 0.1) is 11.6 Å². The van der Waals surface area contributed by atoms with Crippen LogP contribution in [0.1, 0.15) is 25.1 Å². The number of anilines is 1. The first-order valence-corrected chi connectivity index (χ1v) is 7.88. The highest BCUT2D eigenvalue weighted by atomic mass is 32.2. The Morgan fingerprint density at radius 2 is 2.23 bits per heavy atom. The van der Waals surface area contributed by atoms with Crippen molar-refractivity contribution < 1.29 is 18.1 Å². The number of hydrogen-bond acceptors (Lipinski definition) is 5. The number of carbonyl (C=O) groups excluding carboxylic acids is 1. The molecule has 1 N–H and O–H groups in total. The molecule has 0 aliphatic rings. The number of aryl methyl sites for hydroxylation is 1. The fourth-order valence-electron chi connectivity index (χ4n) is 1.68. The SMILES string of the molecule is CCCc1noc(CSCC(=O)Nc2ccc(F)cc2F)n1. The summed E-state index contributed by atoms with van der Waals surface area (Å²) >= 11 is 1.27. The molecule has 0 fully saturated rings. The topological polar surface area (TPSA) is 68.0 Å². The molecule has 0 spiro atoms. The van der Waals surface area contributed by atoms with Crippen LogP contribution in [0.25, 0.3) is 0 Å². The first-order chi connectivity index (χ1) is 10.6. The zero-order chi connectivity index (χ0) is 15.9. The van der Waals surface area contributed by atoms with Gasteiger partial charge in [0.25, 0.3) is 0 Å². The Morgan fingerprint density at radius 3 is 2.95 bits per heavy atom. The van der Waals surface area contributed by atoms with Crippen molar-refractivity contribution in [3.63, 3.8) is 0 Å². The second-order valence-corrected chi connectivity index (χ2v) is 5.51. The van der Waals surface area contributed by atoms with Crippen LogP contribution in [0.3, 0.4) is 0 Å². The van der Waals surface area contributed by atoms with E-state index in [0.29, 0.717) is 17.5 Å². The monoisotopic (exact) mass is 327 g/mol. The lowest BCUT2D eigenvalue weighted by Crippen LogP contribution is -2.15. The number of halogens is 2. The Kier molecular flexibility index (Phi) is 5.88. The van der Waals surface area contributed by atoms with Gasteiger partial charge in [-0.05, 0) is 18.6 Å². The van der Waals surface area contributed by atoms with Crippen LogP contribution in [0.2, 0.25) is 0 Å². The molecule has 118 valence electrons. The minimum atomic E-state index is -0.806. The van der Waals surface area contributed by atoms with Gasteiger partial charge < -0.3 is 9.84 Å². The quantitative estimate of drug-likeness (QED) is 0.846. The number of nitrogens with one attached hydrogen (secondary N) is 1. The van der Waals surface area contributed by atoms with Crippen molar-refractivity contribution in [3.8, 4) is 0 Å². The summed E-state index contributed by atoms with van der Waals surface area (Å²) < 4.78 is 31.2. The number of carbonyl (C=O) groups is 1. The van der Waals surface area contributed by atoms with E-state index in [0.717, 1.165) is 25.0 Å². The number of rotatable bonds is 7. The fourth-order valence-corrected chi connectivity index (χ4v) is 2.33. The van der Waals surface area contributed by atoms with Gasteiger partial charge in [0.15, 0.2) is 5.82 Å². The van der Waals surface area contributed by atoms with Crippen molar-refractivity contribution in [3.05, 3.63) is 41.5 Å². The second kappa shape index (κ2) is 7.88. The third-order valence-electron chi connectivity index (χ3n) is 2.65. The Balaban J connectivity index is 1.77. The normalized spacial score (nSPS) is 10.7. The van der Waals surface area contributed by atoms with Crippen molar-refractivity contribution >= 4 is 23.4 Å². The molecule has 0 aliphatic heterocycles. The van der Waals surface area contributed by atoms with Gasteiger partial charge in [-0.3, -0.25) is 4.79 Å². The molecule has 0 saturated heterocycles. The summed E-state index contributed by atoms with van der Waals surface area (Å²) in [6, 6.07) is 2.98. The lowest BCUT2D eigenvalue weighted by Gasteiger charge is -2.05. The lowest BCUT2D eigenvalue weighted by molar-refractivity contribution is -0.113. The van der Waals surface area contributed by atoms with Gasteiger partial charge in [-0.25, -0.2) is 8.78 Å². The first kappa shape index (κ1) is 16.4. The van der Waals surface area contributed by atoms with Crippen LogP contribution in [-0.2, 0) is 17.0 Å². The molecular weight excluding hydrogens is 312 g/mol. The van der Waals surface area contributed by atoms with Crippen molar-refractivity contribution in [1.82, 2.24) is 10.1 Å². The summed E-state index contributed by atoms with van der Waals surface area (Å²) in [5, 5.41) is 6.19. The van der Waals surface area contributed by atoms with Gasteiger partial charge in [0.1, 0.15) is 11.6 Å². The Labute approximate surface area is 130 Å². The minimum Gasteiger partial charge on any atom is -0.338 e. The van der Waals surface area contributed by atoms with Crippen LogP contribution in [0.15, 0.2) is 22.7 Å². The Hall–Kier alpha value is -1.96. The maximum Gasteiger partial charge on any atom is 0.236 e. The standard InChI is InChI=1S/C14H15F2N3O2S/c1-2-3-12-18-14(21-19-12)8-22-7-13(20)17-11-5-4-9(15)6-10(11)16/h4-6H,2-3,7-8H2,1H3,(H,17,20). The number of thioether (sulfide) groups is 1. The molecule has 0 unspecified atom stereocenters. The molecule has 2 aromatic rings. The Morgan fingerprint density at radius 1 is 1.41 bits per heavy atom. The lowest BCUT2D eigenvalue weighted by atomic mass is 10.3. The fraction of sp³-hybridized carbons (Fsp3) is 0.357. The number of amides is 1. The molecule has 2 rings (SSSR count). The molecule has 1 heterocycles. The number of aromatic nitrogens is 2. The summed E-state index contributed by atoms with van der Waals surface area (Å²) in [5.41, 5.74) is -0.0463. The molecule has 1 amide bonds. The second-order valence-electron chi connectivity index (χ2n) is 4.52. The highest BCUT2D eigenvalue weighted by Gasteiger charge is 2.10. The molecule has 0 bridgehead atoms. The van der Waals surface area contributed by atoms with E-state index in [-0.39, 0.29) is 17.3 Å². The van der Waals surface area contributed by atoms with Crippen molar-refractivity contribution in [2.24, 2.45) is 0 Å². The van der Waals surface area contributed by atoms with Crippen LogP contribution >= 0.6 is 11.8 Å². The Bertz CT molecular complexity index is 649. The number of nitrogens with zero attached hydrogens (tertiary/aromatic N) is 2. The van der Waals surface area contributed by atoms with Gasteiger partial charge >= 0.3 is 0 Å². The molecule has 0 radical (unpaired) electrons. The molecular formula is C14H15F2N3O2S. The minimum absolute atomic E-state index is 0.0463. The van der Waals surface area contributed by atoms with E-state index in [1.165, 1.54) is 17.8 Å². The largest absolute Gasteiger partial charge is 0.338 e. The van der Waals surface area contributed by atoms with Crippen molar-refractivity contribution in [1.29, 1.82) is 0 Å². The van der Waals surface area contributed by atoms with E-state index in [2.05, 4.69) is 15.5 Å². The third-order valence-corrected chi connectivity index (χ3v) is 3.57. The average molecular weight is 327 g/mol. The van der Waals surface area contributed by atoms with Gasteiger partial charge in [0, 0.05) is 12.5 Å². The highest BCUT2D eigenvalue weighted by Crippen LogP contribution is 2.16. The summed E-state index contributed by atoms with van der Waals surface area (Å²) in [6.07, 6.45) is 1.68. The first-order valence-electron chi connectivity index (χ1n) is 6.72. The average Bonchev–Trinajstić information content (AvgIpc) is 2.90. The smallest absolute Gasteiger partial charge is 0.236 e.